The summed E-state index contributed by atoms with van der Waals surface area (Å²) in [4.78, 5) is 16.3. The highest BCUT2D eigenvalue weighted by molar-refractivity contribution is 7.15. The quantitative estimate of drug-likeness (QED) is 0.887. The van der Waals surface area contributed by atoms with Gasteiger partial charge in [-0.05, 0) is 24.7 Å². The van der Waals surface area contributed by atoms with Gasteiger partial charge in [-0.3, -0.25) is 10.1 Å². The summed E-state index contributed by atoms with van der Waals surface area (Å²) in [5.74, 6) is 1.54. The lowest BCUT2D eigenvalue weighted by Gasteiger charge is -1.97. The molecule has 0 aromatic carbocycles. The van der Waals surface area contributed by atoms with Crippen molar-refractivity contribution < 1.29 is 9.21 Å². The van der Waals surface area contributed by atoms with E-state index in [4.69, 9.17) is 4.42 Å². The van der Waals surface area contributed by atoms with Crippen LogP contribution < -0.4 is 5.32 Å². The smallest absolute Gasteiger partial charge is 0.279 e. The summed E-state index contributed by atoms with van der Waals surface area (Å²) in [6.45, 7) is 4.24. The molecule has 1 fully saturated rings. The fourth-order valence-electron chi connectivity index (χ4n) is 1.97. The number of amides is 1. The molecular weight excluding hydrogens is 288 g/mol. The van der Waals surface area contributed by atoms with E-state index in [2.05, 4.69) is 34.3 Å². The molecule has 1 N–H and O–H groups in total. The minimum Gasteiger partial charge on any atom is -0.448 e. The van der Waals surface area contributed by atoms with Crippen LogP contribution in [0.4, 0.5) is 5.13 Å². The van der Waals surface area contributed by atoms with Gasteiger partial charge < -0.3 is 4.42 Å². The van der Waals surface area contributed by atoms with Crippen LogP contribution in [0.5, 0.6) is 0 Å². The third kappa shape index (κ3) is 3.87. The predicted octanol–water partition coefficient (Wildman–Crippen LogP) is 2.93. The van der Waals surface area contributed by atoms with Gasteiger partial charge in [-0.1, -0.05) is 25.2 Å². The highest BCUT2D eigenvalue weighted by atomic mass is 32.1. The first-order chi connectivity index (χ1) is 10.1. The monoisotopic (exact) mass is 306 g/mol. The maximum Gasteiger partial charge on any atom is 0.279 e. The number of hydrogen-bond donors (Lipinski definition) is 1. The zero-order chi connectivity index (χ0) is 14.8. The largest absolute Gasteiger partial charge is 0.448 e. The van der Waals surface area contributed by atoms with E-state index in [1.54, 1.807) is 0 Å². The number of hydrogen-bond acceptors (Lipinski definition) is 6. The lowest BCUT2D eigenvalue weighted by molar-refractivity contribution is 0.102. The van der Waals surface area contributed by atoms with Crippen LogP contribution in [0.2, 0.25) is 0 Å². The van der Waals surface area contributed by atoms with Gasteiger partial charge in [0.25, 0.3) is 5.91 Å². The zero-order valence-electron chi connectivity index (χ0n) is 12.1. The van der Waals surface area contributed by atoms with Crippen molar-refractivity contribution >= 4 is 22.4 Å². The fourth-order valence-corrected chi connectivity index (χ4v) is 2.92. The number of aromatic nitrogens is 3. The van der Waals surface area contributed by atoms with E-state index >= 15 is 0 Å². The summed E-state index contributed by atoms with van der Waals surface area (Å²) in [7, 11) is 0. The molecular formula is C14H18N4O2S. The Bertz CT molecular complexity index is 630. The minimum atomic E-state index is -0.298. The molecule has 21 heavy (non-hydrogen) atoms. The van der Waals surface area contributed by atoms with Crippen LogP contribution in [0.15, 0.2) is 10.7 Å². The van der Waals surface area contributed by atoms with Crippen LogP contribution in [0.1, 0.15) is 48.1 Å². The molecule has 2 aromatic rings. The molecule has 0 bridgehead atoms. The summed E-state index contributed by atoms with van der Waals surface area (Å²) in [6, 6.07) is 0. The summed E-state index contributed by atoms with van der Waals surface area (Å²) in [5, 5.41) is 12.2. The van der Waals surface area contributed by atoms with Crippen LogP contribution >= 0.6 is 11.3 Å². The molecule has 7 heteroatoms. The molecule has 112 valence electrons. The highest BCUT2D eigenvalue weighted by Crippen LogP contribution is 2.32. The van der Waals surface area contributed by atoms with E-state index in [0.717, 1.165) is 17.8 Å². The van der Waals surface area contributed by atoms with Gasteiger partial charge in [-0.15, -0.1) is 10.2 Å². The van der Waals surface area contributed by atoms with Gasteiger partial charge in [-0.2, -0.15) is 0 Å². The number of carbonyl (C=O) groups is 1. The Morgan fingerprint density at radius 3 is 3.00 bits per heavy atom. The van der Waals surface area contributed by atoms with Gasteiger partial charge in [0.2, 0.25) is 5.13 Å². The van der Waals surface area contributed by atoms with Crippen molar-refractivity contribution in [1.82, 2.24) is 15.2 Å². The van der Waals surface area contributed by atoms with E-state index in [1.807, 2.05) is 0 Å². The van der Waals surface area contributed by atoms with Crippen molar-refractivity contribution in [1.29, 1.82) is 0 Å². The van der Waals surface area contributed by atoms with Gasteiger partial charge in [0, 0.05) is 12.8 Å². The Morgan fingerprint density at radius 1 is 1.48 bits per heavy atom. The number of nitrogens with one attached hydrogen (secondary N) is 1. The van der Waals surface area contributed by atoms with Crippen molar-refractivity contribution in [3.63, 3.8) is 0 Å². The maximum absolute atomic E-state index is 12.1. The molecule has 0 saturated heterocycles. The van der Waals surface area contributed by atoms with Crippen molar-refractivity contribution in [2.24, 2.45) is 11.8 Å². The van der Waals surface area contributed by atoms with E-state index in [0.29, 0.717) is 28.6 Å². The van der Waals surface area contributed by atoms with Crippen molar-refractivity contribution in [2.75, 3.05) is 5.32 Å². The molecule has 2 heterocycles. The molecule has 0 radical (unpaired) electrons. The second-order valence-corrected chi connectivity index (χ2v) is 6.89. The Hall–Kier alpha value is -1.76. The molecule has 0 aliphatic heterocycles. The Kier molecular flexibility index (Phi) is 4.01. The summed E-state index contributed by atoms with van der Waals surface area (Å²) >= 11 is 1.40. The average molecular weight is 306 g/mol. The number of oxazole rings is 1. The molecule has 1 aliphatic rings. The number of nitrogens with zero attached hydrogens (tertiary/aromatic N) is 3. The molecule has 3 rings (SSSR count). The SMILES string of the molecule is CC(C)Cc1nnc(NC(=O)c2coc(CC3CC3)n2)s1. The van der Waals surface area contributed by atoms with Gasteiger partial charge in [-0.25, -0.2) is 4.98 Å². The van der Waals surface area contributed by atoms with Gasteiger partial charge in [0.05, 0.1) is 0 Å². The third-order valence-corrected chi connectivity index (χ3v) is 4.08. The Balaban J connectivity index is 1.59. The minimum absolute atomic E-state index is 0.297. The molecule has 6 nitrogen and oxygen atoms in total. The molecule has 2 aromatic heterocycles. The van der Waals surface area contributed by atoms with Crippen molar-refractivity contribution in [3.05, 3.63) is 22.9 Å². The predicted molar refractivity (Wildman–Crippen MR) is 79.3 cm³/mol. The Morgan fingerprint density at radius 2 is 2.29 bits per heavy atom. The maximum atomic E-state index is 12.1. The topological polar surface area (TPSA) is 80.9 Å². The van der Waals surface area contributed by atoms with Crippen LogP contribution in [-0.2, 0) is 12.8 Å². The fraction of sp³-hybridized carbons (Fsp3) is 0.571. The normalized spacial score (nSPS) is 14.6. The number of anilines is 1. The second kappa shape index (κ2) is 5.93. The first-order valence-corrected chi connectivity index (χ1v) is 8.00. The second-order valence-electron chi connectivity index (χ2n) is 5.83. The lowest BCUT2D eigenvalue weighted by atomic mass is 10.1. The van der Waals surface area contributed by atoms with E-state index < -0.39 is 0 Å². The summed E-state index contributed by atoms with van der Waals surface area (Å²) in [5.41, 5.74) is 0.297. The molecule has 1 saturated carbocycles. The van der Waals surface area contributed by atoms with Crippen molar-refractivity contribution in [3.8, 4) is 0 Å². The van der Waals surface area contributed by atoms with Crippen LogP contribution in [0.3, 0.4) is 0 Å². The molecule has 1 amide bonds. The lowest BCUT2D eigenvalue weighted by Crippen LogP contribution is -2.12. The van der Waals surface area contributed by atoms with E-state index in [9.17, 15) is 4.79 Å². The first kappa shape index (κ1) is 14.2. The van der Waals surface area contributed by atoms with Crippen LogP contribution in [0, 0.1) is 11.8 Å². The zero-order valence-corrected chi connectivity index (χ0v) is 12.9. The van der Waals surface area contributed by atoms with Gasteiger partial charge >= 0.3 is 0 Å². The van der Waals surface area contributed by atoms with E-state index in [1.165, 1.54) is 30.4 Å². The summed E-state index contributed by atoms with van der Waals surface area (Å²) < 4.78 is 5.33. The van der Waals surface area contributed by atoms with Gasteiger partial charge in [0.1, 0.15) is 11.3 Å². The van der Waals surface area contributed by atoms with Gasteiger partial charge in [0.15, 0.2) is 11.6 Å². The number of carbonyl (C=O) groups excluding carboxylic acids is 1. The van der Waals surface area contributed by atoms with Crippen LogP contribution in [-0.4, -0.2) is 21.1 Å². The molecule has 0 atom stereocenters. The molecule has 0 spiro atoms. The molecule has 0 unspecified atom stereocenters. The van der Waals surface area contributed by atoms with Crippen molar-refractivity contribution in [2.45, 2.75) is 39.5 Å². The summed E-state index contributed by atoms with van der Waals surface area (Å²) in [6.07, 6.45) is 5.55. The first-order valence-electron chi connectivity index (χ1n) is 7.18. The average Bonchev–Trinajstić information content (AvgIpc) is 2.92. The standard InChI is InChI=1S/C14H18N4O2S/c1-8(2)5-12-17-18-14(21-12)16-13(19)10-7-20-11(15-10)6-9-3-4-9/h7-9H,3-6H2,1-2H3,(H,16,18,19). The highest BCUT2D eigenvalue weighted by Gasteiger charge is 2.24. The Labute approximate surface area is 127 Å². The molecule has 1 aliphatic carbocycles. The third-order valence-electron chi connectivity index (χ3n) is 3.21. The van der Waals surface area contributed by atoms with Crippen LogP contribution in [0.25, 0.3) is 0 Å². The van der Waals surface area contributed by atoms with E-state index in [-0.39, 0.29) is 5.91 Å². The number of rotatable bonds is 6.